The van der Waals surface area contributed by atoms with E-state index in [9.17, 15) is 18.0 Å². The van der Waals surface area contributed by atoms with Crippen molar-refractivity contribution in [3.05, 3.63) is 46.7 Å². The summed E-state index contributed by atoms with van der Waals surface area (Å²) < 4.78 is 27.9. The Balaban J connectivity index is 1.54. The minimum atomic E-state index is -3.78. The van der Waals surface area contributed by atoms with Crippen molar-refractivity contribution in [2.45, 2.75) is 37.0 Å². The van der Waals surface area contributed by atoms with Crippen molar-refractivity contribution in [1.29, 1.82) is 0 Å². The maximum Gasteiger partial charge on any atom is 0.262 e. The van der Waals surface area contributed by atoms with Crippen molar-refractivity contribution in [2.75, 3.05) is 18.4 Å². The second kappa shape index (κ2) is 10.4. The largest absolute Gasteiger partial charge is 0.351 e. The maximum absolute atomic E-state index is 12.7. The lowest BCUT2D eigenvalue weighted by molar-refractivity contribution is -0.116. The van der Waals surface area contributed by atoms with Gasteiger partial charge in [0.1, 0.15) is 5.84 Å². The molecule has 0 spiro atoms. The summed E-state index contributed by atoms with van der Waals surface area (Å²) >= 11 is 1.42. The number of thiophene rings is 1. The summed E-state index contributed by atoms with van der Waals surface area (Å²) in [5, 5.41) is 8.88. The van der Waals surface area contributed by atoms with Gasteiger partial charge in [0.15, 0.2) is 0 Å². The number of carbonyl (C=O) groups is 2. The molecule has 0 fully saturated rings. The third-order valence-electron chi connectivity index (χ3n) is 4.48. The van der Waals surface area contributed by atoms with E-state index < -0.39 is 10.0 Å². The minimum Gasteiger partial charge on any atom is -0.351 e. The number of carbonyl (C=O) groups excluding carboxylic acids is 2. The Morgan fingerprint density at radius 2 is 2.00 bits per heavy atom. The van der Waals surface area contributed by atoms with Crippen molar-refractivity contribution >= 4 is 44.7 Å². The van der Waals surface area contributed by atoms with E-state index in [2.05, 4.69) is 20.3 Å². The van der Waals surface area contributed by atoms with Crippen LogP contribution in [0, 0.1) is 0 Å². The molecule has 0 saturated carbocycles. The van der Waals surface area contributed by atoms with Gasteiger partial charge in [-0.2, -0.15) is 11.3 Å². The molecule has 1 aliphatic rings. The van der Waals surface area contributed by atoms with Gasteiger partial charge in [0.2, 0.25) is 5.91 Å². The van der Waals surface area contributed by atoms with E-state index >= 15 is 0 Å². The van der Waals surface area contributed by atoms with Crippen LogP contribution in [0.25, 0.3) is 0 Å². The van der Waals surface area contributed by atoms with Gasteiger partial charge < -0.3 is 10.6 Å². The first kappa shape index (κ1) is 22.0. The highest BCUT2D eigenvalue weighted by Gasteiger charge is 2.18. The van der Waals surface area contributed by atoms with Crippen molar-refractivity contribution in [3.8, 4) is 0 Å². The predicted octanol–water partition coefficient (Wildman–Crippen LogP) is 2.76. The van der Waals surface area contributed by atoms with Gasteiger partial charge in [-0.25, -0.2) is 8.42 Å². The van der Waals surface area contributed by atoms with Gasteiger partial charge in [-0.15, -0.1) is 0 Å². The molecule has 160 valence electrons. The summed E-state index contributed by atoms with van der Waals surface area (Å²) in [4.78, 5) is 28.4. The zero-order valence-electron chi connectivity index (χ0n) is 16.4. The number of anilines is 1. The summed E-state index contributed by atoms with van der Waals surface area (Å²) in [5.41, 5.74) is 0.930. The summed E-state index contributed by atoms with van der Waals surface area (Å²) in [6.07, 6.45) is 3.57. The SMILES string of the molecule is O=C(CCNC(=O)c1ccsc1)Nc1cccc(S(=O)(=O)NC2=NCCCCC2)c1. The van der Waals surface area contributed by atoms with Crippen LogP contribution in [-0.2, 0) is 14.8 Å². The molecule has 1 aromatic heterocycles. The van der Waals surface area contributed by atoms with Crippen LogP contribution in [0.2, 0.25) is 0 Å². The van der Waals surface area contributed by atoms with Crippen molar-refractivity contribution in [3.63, 3.8) is 0 Å². The number of amidine groups is 1. The van der Waals surface area contributed by atoms with Crippen LogP contribution in [-0.4, -0.2) is 39.2 Å². The van der Waals surface area contributed by atoms with E-state index in [-0.39, 0.29) is 29.7 Å². The van der Waals surface area contributed by atoms with Gasteiger partial charge >= 0.3 is 0 Å². The number of amides is 2. The summed E-state index contributed by atoms with van der Waals surface area (Å²) in [5.74, 6) is -0.0794. The number of hydrogen-bond acceptors (Lipinski definition) is 6. The number of benzene rings is 1. The van der Waals surface area contributed by atoms with Crippen molar-refractivity contribution < 1.29 is 18.0 Å². The molecule has 2 aromatic rings. The van der Waals surface area contributed by atoms with E-state index in [1.807, 2.05) is 0 Å². The van der Waals surface area contributed by atoms with Crippen LogP contribution >= 0.6 is 11.3 Å². The Bertz CT molecular complexity index is 1020. The van der Waals surface area contributed by atoms with Crippen LogP contribution in [0.1, 0.15) is 42.5 Å². The molecule has 0 aliphatic carbocycles. The van der Waals surface area contributed by atoms with Crippen LogP contribution in [0.3, 0.4) is 0 Å². The predicted molar refractivity (Wildman–Crippen MR) is 117 cm³/mol. The monoisotopic (exact) mass is 448 g/mol. The van der Waals surface area contributed by atoms with Gasteiger partial charge in [-0.1, -0.05) is 12.5 Å². The van der Waals surface area contributed by atoms with E-state index in [1.54, 1.807) is 29.0 Å². The summed E-state index contributed by atoms with van der Waals surface area (Å²) in [7, 11) is -3.78. The Morgan fingerprint density at radius 1 is 1.13 bits per heavy atom. The highest BCUT2D eigenvalue weighted by atomic mass is 32.2. The Kier molecular flexibility index (Phi) is 7.58. The molecule has 2 amide bonds. The molecular weight excluding hydrogens is 424 g/mol. The Hall–Kier alpha value is -2.72. The lowest BCUT2D eigenvalue weighted by atomic mass is 10.2. The van der Waals surface area contributed by atoms with E-state index in [0.29, 0.717) is 30.1 Å². The van der Waals surface area contributed by atoms with Crippen LogP contribution in [0.15, 0.2) is 51.0 Å². The van der Waals surface area contributed by atoms with Gasteiger partial charge in [-0.05, 0) is 42.5 Å². The van der Waals surface area contributed by atoms with Gasteiger partial charge in [-0.3, -0.25) is 19.3 Å². The molecule has 8 nitrogen and oxygen atoms in total. The molecule has 10 heteroatoms. The fourth-order valence-electron chi connectivity index (χ4n) is 2.92. The van der Waals surface area contributed by atoms with Gasteiger partial charge in [0.25, 0.3) is 15.9 Å². The van der Waals surface area contributed by atoms with Crippen molar-refractivity contribution in [1.82, 2.24) is 10.0 Å². The Labute approximate surface area is 179 Å². The normalized spacial score (nSPS) is 14.3. The third-order valence-corrected chi connectivity index (χ3v) is 6.54. The molecule has 0 saturated heterocycles. The van der Waals surface area contributed by atoms with E-state index in [4.69, 9.17) is 0 Å². The van der Waals surface area contributed by atoms with Crippen molar-refractivity contribution in [2.24, 2.45) is 4.99 Å². The minimum absolute atomic E-state index is 0.0537. The number of sulfonamides is 1. The molecule has 0 radical (unpaired) electrons. The topological polar surface area (TPSA) is 117 Å². The Morgan fingerprint density at radius 3 is 2.80 bits per heavy atom. The summed E-state index contributed by atoms with van der Waals surface area (Å²) in [6.45, 7) is 0.802. The van der Waals surface area contributed by atoms with Crippen LogP contribution < -0.4 is 15.4 Å². The molecular formula is C20H24N4O4S2. The molecule has 3 N–H and O–H groups in total. The fourth-order valence-corrected chi connectivity index (χ4v) is 4.69. The average Bonchev–Trinajstić information content (AvgIpc) is 3.14. The number of aliphatic imine (C=N–C) groups is 1. The zero-order chi connectivity index (χ0) is 21.4. The quantitative estimate of drug-likeness (QED) is 0.604. The average molecular weight is 449 g/mol. The first-order valence-electron chi connectivity index (χ1n) is 9.70. The van der Waals surface area contributed by atoms with Crippen LogP contribution in [0.5, 0.6) is 0 Å². The lowest BCUT2D eigenvalue weighted by Gasteiger charge is -2.11. The maximum atomic E-state index is 12.7. The molecule has 2 heterocycles. The fraction of sp³-hybridized carbons (Fsp3) is 0.350. The molecule has 1 aromatic carbocycles. The number of nitrogens with zero attached hydrogens (tertiary/aromatic N) is 1. The molecule has 0 atom stereocenters. The van der Waals surface area contributed by atoms with Crippen LogP contribution in [0.4, 0.5) is 5.69 Å². The smallest absolute Gasteiger partial charge is 0.262 e. The first-order valence-corrected chi connectivity index (χ1v) is 12.1. The first-order chi connectivity index (χ1) is 14.4. The number of nitrogens with one attached hydrogen (secondary N) is 3. The molecule has 0 bridgehead atoms. The van der Waals surface area contributed by atoms with E-state index in [0.717, 1.165) is 19.3 Å². The van der Waals surface area contributed by atoms with Gasteiger partial charge in [0.05, 0.1) is 4.90 Å². The third kappa shape index (κ3) is 6.39. The standard InChI is InChI=1S/C20H24N4O4S2/c25-19(8-11-22-20(26)15-9-12-29-14-15)23-16-5-4-6-17(13-16)30(27,28)24-18-7-2-1-3-10-21-18/h4-6,9,12-14H,1-3,7-8,10-11H2,(H,21,24)(H,22,26)(H,23,25). The van der Waals surface area contributed by atoms with E-state index in [1.165, 1.54) is 23.5 Å². The number of hydrogen-bond donors (Lipinski definition) is 3. The second-order valence-corrected chi connectivity index (χ2v) is 9.30. The lowest BCUT2D eigenvalue weighted by Crippen LogP contribution is -2.30. The molecule has 1 aliphatic heterocycles. The zero-order valence-corrected chi connectivity index (χ0v) is 18.0. The molecule has 0 unspecified atom stereocenters. The van der Waals surface area contributed by atoms with Gasteiger partial charge in [0, 0.05) is 42.6 Å². The summed E-state index contributed by atoms with van der Waals surface area (Å²) in [6, 6.07) is 7.76. The molecule has 30 heavy (non-hydrogen) atoms. The second-order valence-electron chi connectivity index (χ2n) is 6.84. The molecule has 3 rings (SSSR count). The number of rotatable bonds is 7. The highest BCUT2D eigenvalue weighted by molar-refractivity contribution is 7.90. The highest BCUT2D eigenvalue weighted by Crippen LogP contribution is 2.17.